The van der Waals surface area contributed by atoms with E-state index in [1.54, 1.807) is 6.07 Å². The number of phenolic OH excluding ortho intramolecular Hbond substituents is 1. The van der Waals surface area contributed by atoms with Crippen molar-refractivity contribution in [1.29, 1.82) is 0 Å². The third-order valence-electron chi connectivity index (χ3n) is 6.58. The van der Waals surface area contributed by atoms with Crippen LogP contribution in [0.1, 0.15) is 0 Å². The fraction of sp³-hybridized carbons (Fsp3) is 0.0606. The van der Waals surface area contributed by atoms with Crippen LogP contribution >= 0.6 is 0 Å². The van der Waals surface area contributed by atoms with Crippen LogP contribution in [0.25, 0.3) is 0 Å². The van der Waals surface area contributed by atoms with E-state index >= 15 is 0 Å². The summed E-state index contributed by atoms with van der Waals surface area (Å²) < 4.78 is 0. The van der Waals surface area contributed by atoms with Crippen LogP contribution in [0.3, 0.4) is 0 Å². The molecule has 0 amide bonds. The van der Waals surface area contributed by atoms with Gasteiger partial charge in [-0.15, -0.1) is 41.9 Å². The molecule has 3 aliphatic heterocycles. The van der Waals surface area contributed by atoms with Crippen molar-refractivity contribution in [2.75, 3.05) is 33.7 Å². The van der Waals surface area contributed by atoms with Gasteiger partial charge in [0.05, 0.1) is 5.69 Å². The van der Waals surface area contributed by atoms with E-state index in [0.717, 1.165) is 34.1 Å². The monoisotopic (exact) mass is 718 g/mol. The maximum absolute atomic E-state index is 10.2. The van der Waals surface area contributed by atoms with Gasteiger partial charge in [0, 0.05) is 31.5 Å². The van der Waals surface area contributed by atoms with E-state index in [9.17, 15) is 5.11 Å². The van der Waals surface area contributed by atoms with Crippen LogP contribution in [0.5, 0.6) is 5.75 Å². The van der Waals surface area contributed by atoms with Crippen LogP contribution in [-0.4, -0.2) is 29.0 Å². The molecule has 0 fully saturated rings. The molecule has 4 aromatic carbocycles. The van der Waals surface area contributed by atoms with Crippen molar-refractivity contribution >= 4 is 34.1 Å². The number of hydrogen-bond acceptors (Lipinski definition) is 7. The molecule has 0 saturated heterocycles. The SMILES string of the molecule is CN1C=CN(c2[c-]c(N3C=CN(C)[CH-]3)ccc2)[CH-]1.Oc1ccccc1N1[CH-]N(c2[c-]cccc2)c2ccccc21.[Ir]. The molecule has 7 rings (SSSR count). The Labute approximate surface area is 255 Å². The van der Waals surface area contributed by atoms with E-state index in [-0.39, 0.29) is 25.9 Å². The first-order chi connectivity index (χ1) is 19.6. The second-order valence-corrected chi connectivity index (χ2v) is 9.47. The Kier molecular flexibility index (Phi) is 8.53. The largest absolute Gasteiger partial charge is 0.510 e. The summed E-state index contributed by atoms with van der Waals surface area (Å²) in [6.45, 7) is 6.02. The van der Waals surface area contributed by atoms with Crippen molar-refractivity contribution < 1.29 is 25.2 Å². The zero-order valence-corrected chi connectivity index (χ0v) is 25.1. The number of hydrogen-bond donors (Lipinski definition) is 1. The van der Waals surface area contributed by atoms with Gasteiger partial charge in [-0.1, -0.05) is 24.3 Å². The quantitative estimate of drug-likeness (QED) is 0.234. The van der Waals surface area contributed by atoms with E-state index in [4.69, 9.17) is 0 Å². The molecule has 41 heavy (non-hydrogen) atoms. The summed E-state index contributed by atoms with van der Waals surface area (Å²) in [5.74, 6) is 0.257. The Hall–Kier alpha value is -4.39. The van der Waals surface area contributed by atoms with Crippen LogP contribution in [0.4, 0.5) is 34.1 Å². The second kappa shape index (κ2) is 12.4. The maximum Gasteiger partial charge on any atom is 0.136 e. The van der Waals surface area contributed by atoms with Crippen LogP contribution in [0, 0.1) is 32.1 Å². The van der Waals surface area contributed by atoms with Crippen molar-refractivity contribution in [2.45, 2.75) is 0 Å². The molecule has 4 aromatic rings. The number of nitrogens with zero attached hydrogens (tertiary/aromatic N) is 6. The number of aromatic hydroxyl groups is 1. The number of fused-ring (bicyclic) bond motifs is 1. The molecule has 0 bridgehead atoms. The van der Waals surface area contributed by atoms with Gasteiger partial charge in [0.25, 0.3) is 0 Å². The predicted molar refractivity (Wildman–Crippen MR) is 161 cm³/mol. The molecule has 0 aromatic heterocycles. The van der Waals surface area contributed by atoms with Gasteiger partial charge in [-0.2, -0.15) is 49.7 Å². The van der Waals surface area contributed by atoms with E-state index < -0.39 is 0 Å². The molecule has 0 aliphatic carbocycles. The second-order valence-electron chi connectivity index (χ2n) is 9.47. The van der Waals surface area contributed by atoms with Crippen molar-refractivity contribution in [3.05, 3.63) is 148 Å². The molecule has 211 valence electrons. The van der Waals surface area contributed by atoms with Gasteiger partial charge in [-0.05, 0) is 63.2 Å². The van der Waals surface area contributed by atoms with Gasteiger partial charge in [-0.25, -0.2) is 0 Å². The first kappa shape index (κ1) is 28.1. The molecule has 7 nitrogen and oxygen atoms in total. The average Bonchev–Trinajstić information content (AvgIpc) is 3.73. The van der Waals surface area contributed by atoms with Gasteiger partial charge in [0.15, 0.2) is 0 Å². The summed E-state index contributed by atoms with van der Waals surface area (Å²) in [6.07, 6.45) is 8.06. The van der Waals surface area contributed by atoms with Gasteiger partial charge in [0.1, 0.15) is 5.75 Å². The number of anilines is 6. The number of para-hydroxylation sites is 5. The van der Waals surface area contributed by atoms with Gasteiger partial charge < -0.3 is 34.5 Å². The van der Waals surface area contributed by atoms with E-state index in [1.165, 1.54) is 0 Å². The molecule has 1 radical (unpaired) electrons. The van der Waals surface area contributed by atoms with Gasteiger partial charge >= 0.3 is 0 Å². The average molecular weight is 718 g/mol. The van der Waals surface area contributed by atoms with Crippen LogP contribution in [0.2, 0.25) is 0 Å². The molecular formula is C33H29IrN6O-5. The first-order valence-electron chi connectivity index (χ1n) is 12.9. The van der Waals surface area contributed by atoms with E-state index in [2.05, 4.69) is 23.1 Å². The zero-order chi connectivity index (χ0) is 27.5. The molecular weight excluding hydrogens is 689 g/mol. The normalized spacial score (nSPS) is 15.2. The minimum Gasteiger partial charge on any atom is -0.510 e. The zero-order valence-electron chi connectivity index (χ0n) is 22.7. The van der Waals surface area contributed by atoms with Gasteiger partial charge in [0.2, 0.25) is 0 Å². The molecule has 3 heterocycles. The maximum atomic E-state index is 10.2. The topological polar surface area (TPSA) is 39.7 Å². The van der Waals surface area contributed by atoms with Gasteiger partial charge in [-0.3, -0.25) is 0 Å². The minimum atomic E-state index is 0. The summed E-state index contributed by atoms with van der Waals surface area (Å²) in [4.78, 5) is 12.2. The molecule has 3 aliphatic rings. The Morgan fingerprint density at radius 1 is 0.561 bits per heavy atom. The standard InChI is InChI=1S/C19H14N2O.C14H15N4.Ir/c22-19-13-7-6-12-18(19)21-14-20(15-8-2-1-3-9-15)16-10-4-5-11-17(16)21;1-15-6-8-17(11-15)13-4-3-5-14(10-13)18-9-7-16(2)12-18;/h1-8,10-14,22H;3-9,11-12H,1-2H3;/q-2;-3;. The Morgan fingerprint density at radius 3 is 1.63 bits per heavy atom. The smallest absolute Gasteiger partial charge is 0.136 e. The summed E-state index contributed by atoms with van der Waals surface area (Å²) in [7, 11) is 4.01. The van der Waals surface area contributed by atoms with Crippen LogP contribution in [0.15, 0.2) is 116 Å². The predicted octanol–water partition coefficient (Wildman–Crippen LogP) is 6.77. The van der Waals surface area contributed by atoms with Crippen molar-refractivity contribution in [3.8, 4) is 5.75 Å². The molecule has 8 heteroatoms. The molecule has 0 atom stereocenters. The Morgan fingerprint density at radius 2 is 1.10 bits per heavy atom. The summed E-state index contributed by atoms with van der Waals surface area (Å²) in [5.41, 5.74) is 5.88. The fourth-order valence-corrected chi connectivity index (χ4v) is 4.63. The first-order valence-corrected chi connectivity index (χ1v) is 12.9. The number of benzene rings is 4. The number of rotatable bonds is 4. The third kappa shape index (κ3) is 6.04. The van der Waals surface area contributed by atoms with Crippen molar-refractivity contribution in [2.24, 2.45) is 0 Å². The molecule has 1 N–H and O–H groups in total. The Bertz CT molecular complexity index is 1490. The summed E-state index contributed by atoms with van der Waals surface area (Å²) in [5, 5.41) is 10.2. The number of phenols is 1. The molecule has 0 saturated carbocycles. The van der Waals surface area contributed by atoms with Crippen molar-refractivity contribution in [3.63, 3.8) is 0 Å². The van der Waals surface area contributed by atoms with Crippen molar-refractivity contribution in [1.82, 2.24) is 9.80 Å². The summed E-state index contributed by atoms with van der Waals surface area (Å²) in [6, 6.07) is 36.1. The van der Waals surface area contributed by atoms with Crippen LogP contribution in [-0.2, 0) is 20.1 Å². The minimum absolute atomic E-state index is 0. The third-order valence-corrected chi connectivity index (χ3v) is 6.58. The van der Waals surface area contributed by atoms with Crippen LogP contribution < -0.4 is 19.6 Å². The molecule has 0 unspecified atom stereocenters. The summed E-state index contributed by atoms with van der Waals surface area (Å²) >= 11 is 0. The fourth-order valence-electron chi connectivity index (χ4n) is 4.63. The Balaban J connectivity index is 0.000000164. The van der Waals surface area contributed by atoms with E-state index in [1.807, 2.05) is 162 Å². The molecule has 0 spiro atoms. The van der Waals surface area contributed by atoms with E-state index in [0.29, 0.717) is 0 Å².